The topological polar surface area (TPSA) is 66.3 Å². The number of aliphatic imine (C=N–C) groups is 1. The minimum Gasteiger partial charge on any atom is -0.494 e. The summed E-state index contributed by atoms with van der Waals surface area (Å²) in [6, 6.07) is 12.6. The number of carbonyl (C=O) groups excluding carboxylic acids is 1. The molecule has 28 heavy (non-hydrogen) atoms. The van der Waals surface area contributed by atoms with Gasteiger partial charge in [-0.05, 0) is 55.0 Å². The molecular weight excluding hydrogens is 358 g/mol. The van der Waals surface area contributed by atoms with E-state index in [0.717, 1.165) is 11.3 Å². The Labute approximate surface area is 163 Å². The van der Waals surface area contributed by atoms with Crippen molar-refractivity contribution in [3.63, 3.8) is 0 Å². The molecule has 0 radical (unpaired) electrons. The van der Waals surface area contributed by atoms with E-state index in [1.807, 2.05) is 25.1 Å². The molecule has 0 aromatic heterocycles. The van der Waals surface area contributed by atoms with Crippen molar-refractivity contribution in [1.82, 2.24) is 0 Å². The summed E-state index contributed by atoms with van der Waals surface area (Å²) in [5, 5.41) is 0. The molecule has 0 aliphatic carbocycles. The van der Waals surface area contributed by atoms with Gasteiger partial charge in [0, 0.05) is 5.56 Å². The lowest BCUT2D eigenvalue weighted by Crippen LogP contribution is -2.05. The van der Waals surface area contributed by atoms with Crippen LogP contribution in [-0.2, 0) is 9.53 Å². The van der Waals surface area contributed by atoms with Gasteiger partial charge in [0.2, 0.25) is 5.90 Å². The number of carbonyl (C=O) groups is 1. The molecule has 0 saturated carbocycles. The highest BCUT2D eigenvalue weighted by Crippen LogP contribution is 2.30. The lowest BCUT2D eigenvalue weighted by molar-refractivity contribution is -0.129. The minimum atomic E-state index is -0.505. The van der Waals surface area contributed by atoms with Crippen molar-refractivity contribution in [2.24, 2.45) is 4.99 Å². The second kappa shape index (κ2) is 8.90. The van der Waals surface area contributed by atoms with Crippen LogP contribution in [0.1, 0.15) is 18.1 Å². The second-order valence-electron chi connectivity index (χ2n) is 5.80. The van der Waals surface area contributed by atoms with Crippen LogP contribution in [0.5, 0.6) is 17.2 Å². The molecule has 0 fully saturated rings. The van der Waals surface area contributed by atoms with Gasteiger partial charge in [-0.1, -0.05) is 18.7 Å². The molecule has 2 aromatic carbocycles. The largest absolute Gasteiger partial charge is 0.494 e. The lowest BCUT2D eigenvalue weighted by Gasteiger charge is -2.09. The number of methoxy groups -OCH3 is 1. The van der Waals surface area contributed by atoms with Crippen molar-refractivity contribution < 1.29 is 23.7 Å². The molecule has 2 aromatic rings. The molecule has 0 bridgehead atoms. The Morgan fingerprint density at radius 3 is 2.57 bits per heavy atom. The first-order valence-corrected chi connectivity index (χ1v) is 8.82. The second-order valence-corrected chi connectivity index (χ2v) is 5.80. The number of hydrogen-bond donors (Lipinski definition) is 0. The summed E-state index contributed by atoms with van der Waals surface area (Å²) in [6.45, 7) is 6.50. The van der Waals surface area contributed by atoms with E-state index in [1.54, 1.807) is 43.5 Å². The SMILES string of the molecule is C=CCOc1ccc(/C=C2\N=C(c3ccc(OCC)cc3)OC2=O)cc1OC. The zero-order valence-corrected chi connectivity index (χ0v) is 15.8. The van der Waals surface area contributed by atoms with Crippen molar-refractivity contribution in [2.75, 3.05) is 20.3 Å². The molecule has 0 spiro atoms. The quantitative estimate of drug-likeness (QED) is 0.394. The number of nitrogens with zero attached hydrogens (tertiary/aromatic N) is 1. The summed E-state index contributed by atoms with van der Waals surface area (Å²) < 4.78 is 21.6. The Kier molecular flexibility index (Phi) is 6.11. The zero-order valence-electron chi connectivity index (χ0n) is 15.8. The van der Waals surface area contributed by atoms with Gasteiger partial charge in [-0.25, -0.2) is 9.79 Å². The fraction of sp³-hybridized carbons (Fsp3) is 0.182. The number of rotatable bonds is 8. The number of esters is 1. The fourth-order valence-electron chi connectivity index (χ4n) is 2.59. The fourth-order valence-corrected chi connectivity index (χ4v) is 2.59. The van der Waals surface area contributed by atoms with Crippen molar-refractivity contribution in [1.29, 1.82) is 0 Å². The molecule has 6 heteroatoms. The van der Waals surface area contributed by atoms with Crippen LogP contribution in [0.15, 0.2) is 65.8 Å². The molecule has 144 valence electrons. The molecule has 1 aliphatic rings. The van der Waals surface area contributed by atoms with Gasteiger partial charge in [0.1, 0.15) is 12.4 Å². The summed E-state index contributed by atoms with van der Waals surface area (Å²) in [4.78, 5) is 16.5. The number of cyclic esters (lactones) is 1. The van der Waals surface area contributed by atoms with Crippen molar-refractivity contribution in [3.05, 3.63) is 71.9 Å². The monoisotopic (exact) mass is 379 g/mol. The van der Waals surface area contributed by atoms with E-state index in [1.165, 1.54) is 0 Å². The lowest BCUT2D eigenvalue weighted by atomic mass is 10.1. The van der Waals surface area contributed by atoms with Crippen LogP contribution >= 0.6 is 0 Å². The predicted octanol–water partition coefficient (Wildman–Crippen LogP) is 4.00. The van der Waals surface area contributed by atoms with Gasteiger partial charge >= 0.3 is 5.97 Å². The van der Waals surface area contributed by atoms with E-state index in [2.05, 4.69) is 11.6 Å². The summed E-state index contributed by atoms with van der Waals surface area (Å²) in [6.07, 6.45) is 3.30. The van der Waals surface area contributed by atoms with Crippen LogP contribution < -0.4 is 14.2 Å². The van der Waals surface area contributed by atoms with Crippen LogP contribution in [-0.4, -0.2) is 32.2 Å². The molecule has 0 atom stereocenters. The Bertz CT molecular complexity index is 928. The van der Waals surface area contributed by atoms with E-state index >= 15 is 0 Å². The molecule has 1 heterocycles. The first-order chi connectivity index (χ1) is 13.6. The first-order valence-electron chi connectivity index (χ1n) is 8.82. The number of ether oxygens (including phenoxy) is 4. The van der Waals surface area contributed by atoms with E-state index < -0.39 is 5.97 Å². The molecule has 6 nitrogen and oxygen atoms in total. The van der Waals surface area contributed by atoms with Crippen molar-refractivity contribution in [3.8, 4) is 17.2 Å². The van der Waals surface area contributed by atoms with Gasteiger partial charge in [0.15, 0.2) is 17.2 Å². The van der Waals surface area contributed by atoms with Crippen molar-refractivity contribution >= 4 is 17.9 Å². The van der Waals surface area contributed by atoms with Gasteiger partial charge in [0.25, 0.3) is 0 Å². The third-order valence-electron chi connectivity index (χ3n) is 3.88. The average molecular weight is 379 g/mol. The van der Waals surface area contributed by atoms with Crippen LogP contribution in [0, 0.1) is 0 Å². The normalized spacial score (nSPS) is 14.4. The first kappa shape index (κ1) is 19.2. The van der Waals surface area contributed by atoms with E-state index in [9.17, 15) is 4.79 Å². The maximum atomic E-state index is 12.2. The van der Waals surface area contributed by atoms with Gasteiger partial charge in [-0.2, -0.15) is 0 Å². The molecule has 0 saturated heterocycles. The number of benzene rings is 2. The highest BCUT2D eigenvalue weighted by atomic mass is 16.6. The molecule has 0 unspecified atom stereocenters. The summed E-state index contributed by atoms with van der Waals surface area (Å²) in [5.41, 5.74) is 1.66. The third kappa shape index (κ3) is 4.40. The molecule has 1 aliphatic heterocycles. The molecular formula is C22H21NO5. The third-order valence-corrected chi connectivity index (χ3v) is 3.88. The maximum Gasteiger partial charge on any atom is 0.363 e. The molecule has 0 amide bonds. The highest BCUT2D eigenvalue weighted by Gasteiger charge is 2.24. The van der Waals surface area contributed by atoms with E-state index in [-0.39, 0.29) is 11.6 Å². The standard InChI is InChI=1S/C22H21NO5/c1-4-12-27-19-11-6-15(14-20(19)25-3)13-18-22(24)28-21(23-18)16-7-9-17(10-8-16)26-5-2/h4,6-11,13-14H,1,5,12H2,2-3H3/b18-13-. The van der Waals surface area contributed by atoms with Gasteiger partial charge in [0.05, 0.1) is 13.7 Å². The van der Waals surface area contributed by atoms with E-state index in [0.29, 0.717) is 30.3 Å². The van der Waals surface area contributed by atoms with Crippen LogP contribution in [0.25, 0.3) is 6.08 Å². The Morgan fingerprint density at radius 2 is 1.89 bits per heavy atom. The smallest absolute Gasteiger partial charge is 0.363 e. The molecule has 0 N–H and O–H groups in total. The summed E-state index contributed by atoms with van der Waals surface area (Å²) in [7, 11) is 1.55. The van der Waals surface area contributed by atoms with Crippen LogP contribution in [0.4, 0.5) is 0 Å². The summed E-state index contributed by atoms with van der Waals surface area (Å²) in [5.74, 6) is 1.65. The minimum absolute atomic E-state index is 0.214. The Morgan fingerprint density at radius 1 is 1.11 bits per heavy atom. The van der Waals surface area contributed by atoms with Crippen molar-refractivity contribution in [2.45, 2.75) is 6.92 Å². The predicted molar refractivity (Wildman–Crippen MR) is 107 cm³/mol. The van der Waals surface area contributed by atoms with Gasteiger partial charge in [-0.3, -0.25) is 0 Å². The van der Waals surface area contributed by atoms with Gasteiger partial charge in [-0.15, -0.1) is 0 Å². The average Bonchev–Trinajstić information content (AvgIpc) is 3.08. The Hall–Kier alpha value is -3.54. The Balaban J connectivity index is 1.83. The maximum absolute atomic E-state index is 12.2. The van der Waals surface area contributed by atoms with Crippen LogP contribution in [0.3, 0.4) is 0 Å². The number of hydrogen-bond acceptors (Lipinski definition) is 6. The highest BCUT2D eigenvalue weighted by molar-refractivity contribution is 6.12. The van der Waals surface area contributed by atoms with Gasteiger partial charge < -0.3 is 18.9 Å². The van der Waals surface area contributed by atoms with Crippen LogP contribution in [0.2, 0.25) is 0 Å². The molecule has 3 rings (SSSR count). The van der Waals surface area contributed by atoms with E-state index in [4.69, 9.17) is 18.9 Å². The zero-order chi connectivity index (χ0) is 19.9. The summed E-state index contributed by atoms with van der Waals surface area (Å²) >= 11 is 0.